The van der Waals surface area contributed by atoms with Crippen LogP contribution in [0.5, 0.6) is 0 Å². The summed E-state index contributed by atoms with van der Waals surface area (Å²) >= 11 is 0. The maximum Gasteiger partial charge on any atom is 0.182 e. The van der Waals surface area contributed by atoms with Crippen molar-refractivity contribution in [2.24, 2.45) is 0 Å². The second-order valence-corrected chi connectivity index (χ2v) is 5.78. The molecule has 1 aliphatic rings. The molecular formula is C17H13N6. The maximum absolute atomic E-state index is 4.59. The summed E-state index contributed by atoms with van der Waals surface area (Å²) in [7, 11) is 0. The van der Waals surface area contributed by atoms with Crippen molar-refractivity contribution in [1.29, 1.82) is 0 Å². The number of fused-ring (bicyclic) bond motifs is 1. The van der Waals surface area contributed by atoms with Crippen molar-refractivity contribution < 1.29 is 0 Å². The van der Waals surface area contributed by atoms with E-state index in [0.29, 0.717) is 11.7 Å². The van der Waals surface area contributed by atoms with Crippen molar-refractivity contribution in [2.45, 2.75) is 18.8 Å². The molecule has 0 bridgehead atoms. The van der Waals surface area contributed by atoms with Gasteiger partial charge in [-0.1, -0.05) is 0 Å². The van der Waals surface area contributed by atoms with Gasteiger partial charge in [-0.2, -0.15) is 5.10 Å². The molecule has 111 valence electrons. The molecule has 1 radical (unpaired) electrons. The first-order valence-corrected chi connectivity index (χ1v) is 7.60. The third-order valence-electron chi connectivity index (χ3n) is 4.12. The maximum atomic E-state index is 4.59. The second-order valence-electron chi connectivity index (χ2n) is 5.78. The molecule has 1 fully saturated rings. The molecule has 4 aromatic rings. The van der Waals surface area contributed by atoms with E-state index < -0.39 is 0 Å². The number of aromatic nitrogens is 6. The lowest BCUT2D eigenvalue weighted by Crippen LogP contribution is -1.95. The second kappa shape index (κ2) is 4.74. The summed E-state index contributed by atoms with van der Waals surface area (Å²) in [6.45, 7) is 0. The average Bonchev–Trinajstić information content (AvgIpc) is 3.18. The van der Waals surface area contributed by atoms with Gasteiger partial charge in [0.1, 0.15) is 11.5 Å². The Morgan fingerprint density at radius 1 is 1.26 bits per heavy atom. The molecule has 0 saturated heterocycles. The summed E-state index contributed by atoms with van der Waals surface area (Å²) in [5, 5.41) is 8.41. The molecule has 0 spiro atoms. The monoisotopic (exact) mass is 301 g/mol. The Hall–Kier alpha value is -3.02. The van der Waals surface area contributed by atoms with Crippen LogP contribution in [0.15, 0.2) is 43.0 Å². The van der Waals surface area contributed by atoms with Crippen LogP contribution in [0.1, 0.15) is 24.6 Å². The van der Waals surface area contributed by atoms with Crippen molar-refractivity contribution in [3.8, 4) is 17.1 Å². The van der Waals surface area contributed by atoms with E-state index in [1.807, 2.05) is 35.2 Å². The van der Waals surface area contributed by atoms with Crippen LogP contribution in [0, 0.1) is 6.07 Å². The highest BCUT2D eigenvalue weighted by Crippen LogP contribution is 2.38. The Labute approximate surface area is 132 Å². The van der Waals surface area contributed by atoms with Crippen LogP contribution in [0.3, 0.4) is 0 Å². The quantitative estimate of drug-likeness (QED) is 0.631. The van der Waals surface area contributed by atoms with Gasteiger partial charge in [0.25, 0.3) is 0 Å². The van der Waals surface area contributed by atoms with E-state index >= 15 is 0 Å². The average molecular weight is 301 g/mol. The van der Waals surface area contributed by atoms with E-state index in [2.05, 4.69) is 31.2 Å². The van der Waals surface area contributed by atoms with Crippen LogP contribution in [0.2, 0.25) is 0 Å². The van der Waals surface area contributed by atoms with E-state index in [-0.39, 0.29) is 0 Å². The fourth-order valence-electron chi connectivity index (χ4n) is 2.75. The zero-order chi connectivity index (χ0) is 15.2. The predicted octanol–water partition coefficient (Wildman–Crippen LogP) is 2.88. The summed E-state index contributed by atoms with van der Waals surface area (Å²) in [6.07, 6.45) is 9.66. The molecule has 0 amide bonds. The van der Waals surface area contributed by atoms with Crippen LogP contribution in [-0.4, -0.2) is 29.7 Å². The lowest BCUT2D eigenvalue weighted by atomic mass is 10.2. The number of nitrogens with zero attached hydrogens (tertiary/aromatic N) is 5. The predicted molar refractivity (Wildman–Crippen MR) is 85.1 cm³/mol. The summed E-state index contributed by atoms with van der Waals surface area (Å²) in [4.78, 5) is 13.3. The highest BCUT2D eigenvalue weighted by atomic mass is 15.2. The Kier molecular flexibility index (Phi) is 2.58. The normalized spacial score (nSPS) is 14.4. The fraction of sp³-hybridized carbons (Fsp3) is 0.176. The number of nitrogens with one attached hydrogen (secondary N) is 1. The van der Waals surface area contributed by atoms with Gasteiger partial charge in [-0.3, -0.25) is 14.6 Å². The lowest BCUT2D eigenvalue weighted by molar-refractivity contribution is 0.935. The standard InChI is InChI=1S/C17H13N6/c1-2-12-5-7-23(17(12)19-6-1)14-8-13(9-18-10-14)16-20-15(21-22-16)11-3-4-11/h2,5-11H,3-4H2,(H,20,21,22). The Balaban J connectivity index is 1.59. The van der Waals surface area contributed by atoms with Gasteiger partial charge in [-0.25, -0.2) is 9.97 Å². The molecule has 0 unspecified atom stereocenters. The van der Waals surface area contributed by atoms with Crippen molar-refractivity contribution in [3.05, 3.63) is 54.9 Å². The molecule has 1 saturated carbocycles. The number of rotatable bonds is 3. The molecule has 0 aliphatic heterocycles. The molecule has 0 aromatic carbocycles. The van der Waals surface area contributed by atoms with Gasteiger partial charge in [0.2, 0.25) is 0 Å². The van der Waals surface area contributed by atoms with E-state index in [4.69, 9.17) is 0 Å². The van der Waals surface area contributed by atoms with E-state index in [0.717, 1.165) is 28.1 Å². The third kappa shape index (κ3) is 2.11. The minimum absolute atomic E-state index is 0.557. The van der Waals surface area contributed by atoms with Crippen molar-refractivity contribution >= 4 is 11.0 Å². The first-order chi connectivity index (χ1) is 11.4. The Morgan fingerprint density at radius 2 is 2.22 bits per heavy atom. The fourth-order valence-corrected chi connectivity index (χ4v) is 2.75. The van der Waals surface area contributed by atoms with Gasteiger partial charge in [0.15, 0.2) is 5.82 Å². The Morgan fingerprint density at radius 3 is 3.13 bits per heavy atom. The minimum atomic E-state index is 0.557. The highest BCUT2D eigenvalue weighted by Gasteiger charge is 2.27. The molecule has 4 heterocycles. The topological polar surface area (TPSA) is 72.3 Å². The van der Waals surface area contributed by atoms with Gasteiger partial charge in [-0.15, -0.1) is 0 Å². The van der Waals surface area contributed by atoms with Crippen molar-refractivity contribution in [2.75, 3.05) is 0 Å². The molecule has 6 heteroatoms. The van der Waals surface area contributed by atoms with Gasteiger partial charge in [0.05, 0.1) is 11.9 Å². The number of aromatic amines is 1. The largest absolute Gasteiger partial charge is 0.300 e. The third-order valence-corrected chi connectivity index (χ3v) is 4.12. The molecule has 6 nitrogen and oxygen atoms in total. The van der Waals surface area contributed by atoms with Crippen LogP contribution < -0.4 is 0 Å². The van der Waals surface area contributed by atoms with Crippen LogP contribution in [0.4, 0.5) is 0 Å². The van der Waals surface area contributed by atoms with E-state index in [1.165, 1.54) is 12.8 Å². The molecule has 5 rings (SSSR count). The van der Waals surface area contributed by atoms with Gasteiger partial charge in [0, 0.05) is 41.5 Å². The highest BCUT2D eigenvalue weighted by molar-refractivity contribution is 5.78. The number of hydrogen-bond donors (Lipinski definition) is 1. The summed E-state index contributed by atoms with van der Waals surface area (Å²) < 4.78 is 2.01. The summed E-state index contributed by atoms with van der Waals surface area (Å²) in [5.41, 5.74) is 2.72. The van der Waals surface area contributed by atoms with E-state index in [9.17, 15) is 0 Å². The first-order valence-electron chi connectivity index (χ1n) is 7.60. The van der Waals surface area contributed by atoms with Gasteiger partial charge in [-0.05, 0) is 31.0 Å². The van der Waals surface area contributed by atoms with Gasteiger partial charge < -0.3 is 0 Å². The molecule has 1 N–H and O–H groups in total. The van der Waals surface area contributed by atoms with Crippen molar-refractivity contribution in [1.82, 2.24) is 29.7 Å². The van der Waals surface area contributed by atoms with Crippen LogP contribution >= 0.6 is 0 Å². The molecule has 4 aromatic heterocycles. The number of pyridine rings is 2. The van der Waals surface area contributed by atoms with Crippen LogP contribution in [-0.2, 0) is 0 Å². The number of H-pyrrole nitrogens is 1. The minimum Gasteiger partial charge on any atom is -0.300 e. The SMILES string of the molecule is [c]1cnc2c(c1)ccn2-c1cncc(-c2n[nH]c(C3CC3)n2)c1. The lowest BCUT2D eigenvalue weighted by Gasteiger charge is -2.05. The molecule has 23 heavy (non-hydrogen) atoms. The molecule has 1 aliphatic carbocycles. The molecular weight excluding hydrogens is 288 g/mol. The van der Waals surface area contributed by atoms with E-state index in [1.54, 1.807) is 12.4 Å². The Bertz CT molecular complexity index is 995. The van der Waals surface area contributed by atoms with Gasteiger partial charge >= 0.3 is 0 Å². The van der Waals surface area contributed by atoms with Crippen LogP contribution in [0.25, 0.3) is 28.1 Å². The smallest absolute Gasteiger partial charge is 0.182 e. The van der Waals surface area contributed by atoms with Crippen molar-refractivity contribution in [3.63, 3.8) is 0 Å². The zero-order valence-corrected chi connectivity index (χ0v) is 12.3. The summed E-state index contributed by atoms with van der Waals surface area (Å²) in [5.74, 6) is 2.23. The first kappa shape index (κ1) is 12.5. The molecule has 0 atom stereocenters. The summed E-state index contributed by atoms with van der Waals surface area (Å²) in [6, 6.07) is 8.97. The number of hydrogen-bond acceptors (Lipinski definition) is 4. The zero-order valence-electron chi connectivity index (χ0n) is 12.3.